The number of sulfone groups is 1. The smallest absolute Gasteiger partial charge is 0.162 e. The number of ether oxygens (including phenoxy) is 1. The lowest BCUT2D eigenvalue weighted by Crippen LogP contribution is -2.70. The van der Waals surface area contributed by atoms with E-state index < -0.39 is 31.0 Å². The normalized spacial score (nSPS) is 34.8. The minimum Gasteiger partial charge on any atom is -0.348 e. The van der Waals surface area contributed by atoms with Crippen LogP contribution in [0.1, 0.15) is 36.1 Å². The van der Waals surface area contributed by atoms with Crippen molar-refractivity contribution in [3.05, 3.63) is 107 Å². The van der Waals surface area contributed by atoms with Crippen molar-refractivity contribution < 1.29 is 13.2 Å². The Labute approximate surface area is 171 Å². The largest absolute Gasteiger partial charge is 0.348 e. The third-order valence-electron chi connectivity index (χ3n) is 7.41. The highest BCUT2D eigenvalue weighted by Crippen LogP contribution is 2.75. The van der Waals surface area contributed by atoms with Gasteiger partial charge in [-0.25, -0.2) is 8.42 Å². The van der Waals surface area contributed by atoms with E-state index in [2.05, 4.69) is 18.2 Å². The van der Waals surface area contributed by atoms with Gasteiger partial charge in [-0.05, 0) is 36.1 Å². The molecule has 3 aliphatic rings. The van der Waals surface area contributed by atoms with E-state index in [1.54, 1.807) is 0 Å². The number of benzene rings is 3. The predicted molar refractivity (Wildman–Crippen MR) is 112 cm³/mol. The van der Waals surface area contributed by atoms with Crippen LogP contribution < -0.4 is 0 Å². The van der Waals surface area contributed by atoms with Crippen LogP contribution in [0, 0.1) is 5.92 Å². The maximum atomic E-state index is 13.6. The lowest BCUT2D eigenvalue weighted by Gasteiger charge is -2.56. The first-order valence-electron chi connectivity index (χ1n) is 10.0. The molecule has 4 atom stereocenters. The molecule has 29 heavy (non-hydrogen) atoms. The van der Waals surface area contributed by atoms with Crippen LogP contribution in [0.4, 0.5) is 0 Å². The molecule has 0 N–H and O–H groups in total. The number of hydrogen-bond donors (Lipinski definition) is 0. The highest BCUT2D eigenvalue weighted by molar-refractivity contribution is 7.95. The number of fused-ring (bicyclic) bond motifs is 8. The van der Waals surface area contributed by atoms with Gasteiger partial charge in [0, 0.05) is 5.92 Å². The first-order valence-corrected chi connectivity index (χ1v) is 11.6. The zero-order valence-corrected chi connectivity index (χ0v) is 17.2. The zero-order valence-electron chi connectivity index (χ0n) is 16.4. The third kappa shape index (κ3) is 1.69. The van der Waals surface area contributed by atoms with Crippen molar-refractivity contribution in [2.24, 2.45) is 5.92 Å². The van der Waals surface area contributed by atoms with Crippen LogP contribution in [-0.2, 0) is 25.8 Å². The van der Waals surface area contributed by atoms with Crippen LogP contribution >= 0.6 is 0 Å². The summed E-state index contributed by atoms with van der Waals surface area (Å²) < 4.78 is 33.5. The van der Waals surface area contributed by atoms with Crippen molar-refractivity contribution in [2.75, 3.05) is 0 Å². The molecular formula is C25H22O3S. The molecule has 0 amide bonds. The zero-order chi connectivity index (χ0) is 20.1. The Morgan fingerprint density at radius 1 is 0.690 bits per heavy atom. The summed E-state index contributed by atoms with van der Waals surface area (Å²) in [5.41, 5.74) is 2.27. The van der Waals surface area contributed by atoms with Gasteiger partial charge < -0.3 is 4.74 Å². The predicted octanol–water partition coefficient (Wildman–Crippen LogP) is 4.41. The first kappa shape index (κ1) is 17.4. The summed E-state index contributed by atoms with van der Waals surface area (Å²) in [6.07, 6.45) is 0. The monoisotopic (exact) mass is 402 g/mol. The van der Waals surface area contributed by atoms with Crippen LogP contribution in [0.25, 0.3) is 0 Å². The average molecular weight is 403 g/mol. The fourth-order valence-electron chi connectivity index (χ4n) is 6.21. The van der Waals surface area contributed by atoms with E-state index in [9.17, 15) is 8.42 Å². The third-order valence-corrected chi connectivity index (χ3v) is 10.4. The van der Waals surface area contributed by atoms with Gasteiger partial charge in [0.05, 0.1) is 4.75 Å². The Morgan fingerprint density at radius 3 is 1.69 bits per heavy atom. The van der Waals surface area contributed by atoms with Crippen molar-refractivity contribution >= 4 is 9.84 Å². The molecular weight excluding hydrogens is 380 g/mol. The lowest BCUT2D eigenvalue weighted by molar-refractivity contribution is -0.0516. The minimum atomic E-state index is -3.39. The molecule has 2 bridgehead atoms. The first-order chi connectivity index (χ1) is 13.9. The van der Waals surface area contributed by atoms with E-state index in [1.807, 2.05) is 80.6 Å². The van der Waals surface area contributed by atoms with Gasteiger partial charge in [-0.2, -0.15) is 0 Å². The van der Waals surface area contributed by atoms with E-state index in [0.29, 0.717) is 0 Å². The van der Waals surface area contributed by atoms with Crippen molar-refractivity contribution in [1.29, 1.82) is 0 Å². The Kier molecular flexibility index (Phi) is 3.12. The van der Waals surface area contributed by atoms with Gasteiger partial charge in [0.15, 0.2) is 9.84 Å². The molecule has 2 saturated heterocycles. The molecule has 6 rings (SSSR count). The van der Waals surface area contributed by atoms with E-state index in [1.165, 1.54) is 0 Å². The molecule has 4 heteroatoms. The summed E-state index contributed by atoms with van der Waals surface area (Å²) in [6, 6.07) is 28.2. The molecule has 146 valence electrons. The summed E-state index contributed by atoms with van der Waals surface area (Å²) in [6.45, 7) is 3.72. The quantitative estimate of drug-likeness (QED) is 0.638. The maximum Gasteiger partial charge on any atom is 0.162 e. The second-order valence-electron chi connectivity index (χ2n) is 8.90. The Hall–Kier alpha value is -2.43. The van der Waals surface area contributed by atoms with Crippen LogP contribution in [-0.4, -0.2) is 18.4 Å². The molecule has 0 saturated carbocycles. The molecule has 3 aliphatic heterocycles. The van der Waals surface area contributed by atoms with Gasteiger partial charge >= 0.3 is 0 Å². The summed E-state index contributed by atoms with van der Waals surface area (Å²) in [7, 11) is -3.39. The van der Waals surface area contributed by atoms with Gasteiger partial charge in [-0.15, -0.1) is 0 Å². The van der Waals surface area contributed by atoms with Crippen molar-refractivity contribution in [2.45, 2.75) is 35.0 Å². The summed E-state index contributed by atoms with van der Waals surface area (Å²) in [5, 5.41) is -0.595. The number of rotatable bonds is 2. The fourth-order valence-corrected chi connectivity index (χ4v) is 8.94. The van der Waals surface area contributed by atoms with Gasteiger partial charge in [0.2, 0.25) is 0 Å². The molecule has 3 heterocycles. The van der Waals surface area contributed by atoms with Gasteiger partial charge in [0.25, 0.3) is 0 Å². The second kappa shape index (κ2) is 5.18. The minimum absolute atomic E-state index is 0.155. The van der Waals surface area contributed by atoms with Crippen LogP contribution in [0.15, 0.2) is 84.9 Å². The average Bonchev–Trinajstić information content (AvgIpc) is 3.24. The van der Waals surface area contributed by atoms with E-state index in [0.717, 1.165) is 22.3 Å². The Morgan fingerprint density at radius 2 is 1.14 bits per heavy atom. The molecule has 2 fully saturated rings. The van der Waals surface area contributed by atoms with Gasteiger partial charge in [-0.1, -0.05) is 84.9 Å². The molecule has 0 spiro atoms. The maximum absolute atomic E-state index is 13.6. The highest BCUT2D eigenvalue weighted by atomic mass is 32.2. The molecule has 3 aromatic carbocycles. The lowest BCUT2D eigenvalue weighted by atomic mass is 9.61. The highest BCUT2D eigenvalue weighted by Gasteiger charge is 2.85. The molecule has 3 aromatic rings. The van der Waals surface area contributed by atoms with E-state index >= 15 is 0 Å². The topological polar surface area (TPSA) is 43.4 Å². The molecule has 0 aromatic heterocycles. The number of hydrogen-bond acceptors (Lipinski definition) is 3. The molecule has 3 nitrogen and oxygen atoms in total. The van der Waals surface area contributed by atoms with Crippen LogP contribution in [0.5, 0.6) is 0 Å². The Balaban J connectivity index is 1.77. The molecule has 0 radical (unpaired) electrons. The fraction of sp³-hybridized carbons (Fsp3) is 0.280. The summed E-state index contributed by atoms with van der Waals surface area (Å²) in [4.78, 5) is 0. The molecule has 0 aliphatic carbocycles. The second-order valence-corrected chi connectivity index (χ2v) is 11.5. The van der Waals surface area contributed by atoms with Crippen molar-refractivity contribution in [3.63, 3.8) is 0 Å². The van der Waals surface area contributed by atoms with Gasteiger partial charge in [-0.3, -0.25) is 0 Å². The van der Waals surface area contributed by atoms with Crippen molar-refractivity contribution in [1.82, 2.24) is 0 Å². The SMILES string of the molecule is CC1(C)[C@H]2[C@H]([C@@]3(c4ccccc4)O[C@@]2(c2ccccc2)c2ccccc23)S1(=O)=O. The van der Waals surface area contributed by atoms with Crippen LogP contribution in [0.2, 0.25) is 0 Å². The molecule has 0 unspecified atom stereocenters. The summed E-state index contributed by atoms with van der Waals surface area (Å²) >= 11 is 0. The standard InChI is InChI=1S/C25H22O3S/c1-23(2)21-22(29(23,26)27)25(18-13-7-4-8-14-18)20-16-10-9-15-19(20)24(21,28-25)17-11-5-3-6-12-17/h3-16,21-22H,1-2H3/t21-,22-,24+,25+/m1/s1. The van der Waals surface area contributed by atoms with Gasteiger partial charge in [0.1, 0.15) is 16.5 Å². The van der Waals surface area contributed by atoms with Crippen LogP contribution in [0.3, 0.4) is 0 Å². The van der Waals surface area contributed by atoms with E-state index in [-0.39, 0.29) is 5.92 Å². The van der Waals surface area contributed by atoms with Crippen molar-refractivity contribution in [3.8, 4) is 0 Å². The van der Waals surface area contributed by atoms with E-state index in [4.69, 9.17) is 4.74 Å². The summed E-state index contributed by atoms with van der Waals surface area (Å²) in [5.74, 6) is -0.155. The Bertz CT molecular complexity index is 1230.